The molecule has 1 aliphatic rings. The highest BCUT2D eigenvalue weighted by molar-refractivity contribution is 5.94. The first kappa shape index (κ1) is 14.0. The first-order chi connectivity index (χ1) is 9.49. The Morgan fingerprint density at radius 1 is 1.15 bits per heavy atom. The van der Waals surface area contributed by atoms with Gasteiger partial charge < -0.3 is 20.3 Å². The van der Waals surface area contributed by atoms with Gasteiger partial charge in [0.25, 0.3) is 5.91 Å². The molecule has 106 valence electrons. The number of amides is 1. The third-order valence-electron chi connectivity index (χ3n) is 2.89. The molecule has 0 saturated carbocycles. The minimum atomic E-state index is -1.24. The SMILES string of the molecule is O=C(O)C1OC1C(=O)N[C@@H](Cc1ccccc1)C(=O)O. The summed E-state index contributed by atoms with van der Waals surface area (Å²) in [5, 5.41) is 20.0. The number of benzene rings is 1. The van der Waals surface area contributed by atoms with Crippen molar-refractivity contribution in [3.63, 3.8) is 0 Å². The Balaban J connectivity index is 1.95. The Hall–Kier alpha value is -2.41. The Morgan fingerprint density at radius 3 is 2.30 bits per heavy atom. The van der Waals surface area contributed by atoms with Crippen LogP contribution in [0.5, 0.6) is 0 Å². The lowest BCUT2D eigenvalue weighted by Gasteiger charge is -2.13. The maximum Gasteiger partial charge on any atom is 0.336 e. The molecular formula is C13H13NO6. The van der Waals surface area contributed by atoms with Gasteiger partial charge >= 0.3 is 11.9 Å². The lowest BCUT2D eigenvalue weighted by Crippen LogP contribution is -2.44. The van der Waals surface area contributed by atoms with Crippen LogP contribution in [-0.4, -0.2) is 46.3 Å². The number of carboxylic acid groups (broad SMARTS) is 2. The van der Waals surface area contributed by atoms with Crippen LogP contribution in [-0.2, 0) is 25.5 Å². The van der Waals surface area contributed by atoms with E-state index in [-0.39, 0.29) is 6.42 Å². The third kappa shape index (κ3) is 3.33. The zero-order valence-electron chi connectivity index (χ0n) is 10.4. The fourth-order valence-corrected chi connectivity index (χ4v) is 1.80. The van der Waals surface area contributed by atoms with Crippen molar-refractivity contribution in [1.29, 1.82) is 0 Å². The molecule has 20 heavy (non-hydrogen) atoms. The standard InChI is InChI=1S/C13H13NO6/c15-11(9-10(20-9)13(18)19)14-8(12(16)17)6-7-4-2-1-3-5-7/h1-5,8-10H,6H2,(H,14,15)(H,16,17)(H,18,19)/t8-,9?,10?/m0/s1. The average molecular weight is 279 g/mol. The van der Waals surface area contributed by atoms with E-state index in [0.29, 0.717) is 0 Å². The molecule has 0 radical (unpaired) electrons. The molecule has 7 nitrogen and oxygen atoms in total. The van der Waals surface area contributed by atoms with Gasteiger partial charge in [-0.3, -0.25) is 4.79 Å². The molecule has 3 atom stereocenters. The molecule has 0 spiro atoms. The van der Waals surface area contributed by atoms with Gasteiger partial charge in [0, 0.05) is 6.42 Å². The van der Waals surface area contributed by atoms with Gasteiger partial charge in [-0.1, -0.05) is 30.3 Å². The molecule has 1 aliphatic heterocycles. The quantitative estimate of drug-likeness (QED) is 0.613. The Bertz CT molecular complexity index is 529. The van der Waals surface area contributed by atoms with Crippen LogP contribution in [0.25, 0.3) is 0 Å². The van der Waals surface area contributed by atoms with Gasteiger partial charge in [-0.15, -0.1) is 0 Å². The fourth-order valence-electron chi connectivity index (χ4n) is 1.80. The highest BCUT2D eigenvalue weighted by Gasteiger charge is 2.51. The molecule has 0 aliphatic carbocycles. The van der Waals surface area contributed by atoms with Crippen LogP contribution in [0.1, 0.15) is 5.56 Å². The molecule has 2 unspecified atom stereocenters. The third-order valence-corrected chi connectivity index (χ3v) is 2.89. The molecule has 1 saturated heterocycles. The molecule has 0 bridgehead atoms. The lowest BCUT2D eigenvalue weighted by molar-refractivity contribution is -0.141. The number of hydrogen-bond donors (Lipinski definition) is 3. The van der Waals surface area contributed by atoms with Gasteiger partial charge in [-0.05, 0) is 5.56 Å². The summed E-state index contributed by atoms with van der Waals surface area (Å²) < 4.78 is 4.67. The van der Waals surface area contributed by atoms with Crippen LogP contribution >= 0.6 is 0 Å². The number of aliphatic carboxylic acids is 2. The molecule has 1 aromatic carbocycles. The predicted octanol–water partition coefficient (Wildman–Crippen LogP) is -0.349. The molecule has 2 rings (SSSR count). The fraction of sp³-hybridized carbons (Fsp3) is 0.308. The summed E-state index contributed by atoms with van der Waals surface area (Å²) in [5.41, 5.74) is 0.756. The van der Waals surface area contributed by atoms with Crippen molar-refractivity contribution < 1.29 is 29.3 Å². The van der Waals surface area contributed by atoms with Crippen LogP contribution in [0.4, 0.5) is 0 Å². The number of ether oxygens (including phenoxy) is 1. The summed E-state index contributed by atoms with van der Waals surface area (Å²) in [4.78, 5) is 33.4. The van der Waals surface area contributed by atoms with Crippen molar-refractivity contribution in [3.05, 3.63) is 35.9 Å². The summed E-state index contributed by atoms with van der Waals surface area (Å²) in [6, 6.07) is 7.70. The minimum Gasteiger partial charge on any atom is -0.480 e. The van der Waals surface area contributed by atoms with Crippen molar-refractivity contribution >= 4 is 17.8 Å². The van der Waals surface area contributed by atoms with Gasteiger partial charge in [-0.2, -0.15) is 0 Å². The summed E-state index contributed by atoms with van der Waals surface area (Å²) in [7, 11) is 0. The number of carbonyl (C=O) groups excluding carboxylic acids is 1. The normalized spacial score (nSPS) is 21.8. The maximum absolute atomic E-state index is 11.7. The van der Waals surface area contributed by atoms with E-state index in [1.54, 1.807) is 30.3 Å². The van der Waals surface area contributed by atoms with Crippen LogP contribution < -0.4 is 5.32 Å². The van der Waals surface area contributed by atoms with E-state index in [1.165, 1.54) is 0 Å². The van der Waals surface area contributed by atoms with Crippen LogP contribution in [0, 0.1) is 0 Å². The van der Waals surface area contributed by atoms with E-state index in [4.69, 9.17) is 10.2 Å². The Kier molecular flexibility index (Phi) is 3.99. The van der Waals surface area contributed by atoms with Crippen LogP contribution in [0.3, 0.4) is 0 Å². The molecular weight excluding hydrogens is 266 g/mol. The zero-order chi connectivity index (χ0) is 14.7. The summed E-state index contributed by atoms with van der Waals surface area (Å²) in [6.07, 6.45) is -2.17. The molecule has 1 fully saturated rings. The Labute approximate surface area is 114 Å². The highest BCUT2D eigenvalue weighted by Crippen LogP contribution is 2.22. The second-order valence-electron chi connectivity index (χ2n) is 4.40. The summed E-state index contributed by atoms with van der Waals surface area (Å²) >= 11 is 0. The van der Waals surface area contributed by atoms with E-state index < -0.39 is 36.1 Å². The number of nitrogens with one attached hydrogen (secondary N) is 1. The molecule has 3 N–H and O–H groups in total. The van der Waals surface area contributed by atoms with E-state index in [0.717, 1.165) is 5.56 Å². The average Bonchev–Trinajstić information content (AvgIpc) is 3.19. The monoisotopic (exact) mass is 279 g/mol. The van der Waals surface area contributed by atoms with Crippen molar-refractivity contribution in [2.75, 3.05) is 0 Å². The largest absolute Gasteiger partial charge is 0.480 e. The predicted molar refractivity (Wildman–Crippen MR) is 66.0 cm³/mol. The topological polar surface area (TPSA) is 116 Å². The van der Waals surface area contributed by atoms with Gasteiger partial charge in [0.2, 0.25) is 0 Å². The second-order valence-corrected chi connectivity index (χ2v) is 4.40. The number of rotatable bonds is 6. The lowest BCUT2D eigenvalue weighted by atomic mass is 10.1. The van der Waals surface area contributed by atoms with Gasteiger partial charge in [0.05, 0.1) is 0 Å². The zero-order valence-corrected chi connectivity index (χ0v) is 10.4. The molecule has 1 aromatic rings. The first-order valence-electron chi connectivity index (χ1n) is 5.94. The van der Waals surface area contributed by atoms with Gasteiger partial charge in [-0.25, -0.2) is 9.59 Å². The van der Waals surface area contributed by atoms with Crippen molar-refractivity contribution in [2.24, 2.45) is 0 Å². The highest BCUT2D eigenvalue weighted by atomic mass is 16.6. The molecule has 1 heterocycles. The van der Waals surface area contributed by atoms with E-state index >= 15 is 0 Å². The molecule has 1 amide bonds. The van der Waals surface area contributed by atoms with Crippen LogP contribution in [0.2, 0.25) is 0 Å². The number of carbonyl (C=O) groups is 3. The minimum absolute atomic E-state index is 0.117. The maximum atomic E-state index is 11.7. The smallest absolute Gasteiger partial charge is 0.336 e. The van der Waals surface area contributed by atoms with Gasteiger partial charge in [0.1, 0.15) is 6.04 Å². The number of hydrogen-bond acceptors (Lipinski definition) is 4. The van der Waals surface area contributed by atoms with Crippen molar-refractivity contribution in [1.82, 2.24) is 5.32 Å². The van der Waals surface area contributed by atoms with E-state index in [2.05, 4.69) is 10.1 Å². The van der Waals surface area contributed by atoms with Crippen molar-refractivity contribution in [3.8, 4) is 0 Å². The number of epoxide rings is 1. The van der Waals surface area contributed by atoms with Crippen LogP contribution in [0.15, 0.2) is 30.3 Å². The molecule has 0 aromatic heterocycles. The van der Waals surface area contributed by atoms with E-state index in [9.17, 15) is 14.4 Å². The van der Waals surface area contributed by atoms with Gasteiger partial charge in [0.15, 0.2) is 12.2 Å². The van der Waals surface area contributed by atoms with Crippen molar-refractivity contribution in [2.45, 2.75) is 24.7 Å². The van der Waals surface area contributed by atoms with E-state index in [1.807, 2.05) is 0 Å². The Morgan fingerprint density at radius 2 is 1.80 bits per heavy atom. The first-order valence-corrected chi connectivity index (χ1v) is 5.94. The number of carboxylic acids is 2. The second kappa shape index (κ2) is 5.70. The molecule has 7 heteroatoms. The summed E-state index contributed by atoms with van der Waals surface area (Å²) in [5.74, 6) is -3.14. The summed E-state index contributed by atoms with van der Waals surface area (Å²) in [6.45, 7) is 0.